The van der Waals surface area contributed by atoms with Gasteiger partial charge in [0.05, 0.1) is 11.1 Å². The first-order chi connectivity index (χ1) is 24.7. The highest BCUT2D eigenvalue weighted by molar-refractivity contribution is 7.80. The maximum Gasteiger partial charge on any atom is 0.418 e. The van der Waals surface area contributed by atoms with Crippen LogP contribution in [0.2, 0.25) is 0 Å². The molecule has 1 aromatic carbocycles. The number of β-lactam (4-membered cyclic amide) rings is 1. The first-order valence-electron chi connectivity index (χ1n) is 16.4. The number of hydrogen-bond donors (Lipinski definition) is 6. The largest absolute Gasteiger partial charge is 0.489 e. The minimum Gasteiger partial charge on any atom is -0.489 e. The van der Waals surface area contributed by atoms with Crippen molar-refractivity contribution < 1.29 is 46.3 Å². The van der Waals surface area contributed by atoms with E-state index in [1.807, 2.05) is 12.1 Å². The van der Waals surface area contributed by atoms with Crippen LogP contribution in [-0.2, 0) is 33.9 Å². The van der Waals surface area contributed by atoms with Gasteiger partial charge in [-0.25, -0.2) is 14.8 Å². The number of nitrogens with two attached hydrogens (primary N) is 1. The number of hydrogen-bond acceptors (Lipinski definition) is 16. The Morgan fingerprint density at radius 3 is 2.56 bits per heavy atom. The van der Waals surface area contributed by atoms with Crippen LogP contribution in [0.5, 0.6) is 5.75 Å². The number of anilines is 2. The van der Waals surface area contributed by atoms with E-state index >= 15 is 0 Å². The number of aromatic nitrogens is 2. The number of thiazole rings is 1. The number of nitrogens with zero attached hydrogens (tertiary/aromatic N) is 5. The summed E-state index contributed by atoms with van der Waals surface area (Å²) in [7, 11) is -5.02. The molecule has 21 heteroatoms. The maximum absolute atomic E-state index is 13.3. The number of fused-ring (bicyclic) bond motifs is 1. The van der Waals surface area contributed by atoms with Crippen molar-refractivity contribution in [2.24, 2.45) is 11.1 Å². The number of amides is 2. The van der Waals surface area contributed by atoms with Gasteiger partial charge >= 0.3 is 16.4 Å². The predicted octanol–water partition coefficient (Wildman–Crippen LogP) is 0.462. The Balaban J connectivity index is 1.07. The summed E-state index contributed by atoms with van der Waals surface area (Å²) in [6.45, 7) is 7.71. The topological polar surface area (TPSA) is 260 Å². The summed E-state index contributed by atoms with van der Waals surface area (Å²) >= 11 is 0.965. The molecule has 280 valence electrons. The Morgan fingerprint density at radius 1 is 1.19 bits per heavy atom. The third-order valence-corrected chi connectivity index (χ3v) is 10.0. The van der Waals surface area contributed by atoms with Crippen LogP contribution in [0.25, 0.3) is 10.9 Å². The van der Waals surface area contributed by atoms with E-state index in [0.717, 1.165) is 79.5 Å². The lowest BCUT2D eigenvalue weighted by Crippen LogP contribution is -2.76. The normalized spacial score (nSPS) is 20.5. The van der Waals surface area contributed by atoms with Crippen molar-refractivity contribution in [3.05, 3.63) is 41.4 Å². The van der Waals surface area contributed by atoms with Gasteiger partial charge in [0, 0.05) is 49.5 Å². The van der Waals surface area contributed by atoms with Gasteiger partial charge in [0.25, 0.3) is 17.9 Å². The van der Waals surface area contributed by atoms with Crippen LogP contribution < -0.4 is 26.4 Å². The first-order valence-corrected chi connectivity index (χ1v) is 18.6. The van der Waals surface area contributed by atoms with Crippen LogP contribution in [0, 0.1) is 5.92 Å². The molecule has 0 saturated carbocycles. The van der Waals surface area contributed by atoms with E-state index in [1.54, 1.807) is 18.2 Å². The lowest BCUT2D eigenvalue weighted by Gasteiger charge is -2.50. The molecule has 3 aromatic rings. The number of oxime groups is 1. The van der Waals surface area contributed by atoms with Crippen LogP contribution in [0.1, 0.15) is 32.4 Å². The molecule has 3 saturated heterocycles. The van der Waals surface area contributed by atoms with Gasteiger partial charge in [0.15, 0.2) is 10.8 Å². The summed E-state index contributed by atoms with van der Waals surface area (Å²) < 4.78 is 41.3. The number of carboxylic acid groups (broad SMARTS) is 1. The Morgan fingerprint density at radius 2 is 1.94 bits per heavy atom. The quantitative estimate of drug-likeness (QED) is 0.0532. The summed E-state index contributed by atoms with van der Waals surface area (Å²) in [5.41, 5.74) is 4.42. The molecule has 2 amide bonds. The molecule has 0 radical (unpaired) electrons. The van der Waals surface area contributed by atoms with Crippen LogP contribution in [-0.4, -0.2) is 125 Å². The van der Waals surface area contributed by atoms with Gasteiger partial charge in [-0.2, -0.15) is 13.5 Å². The monoisotopic (exact) mass is 761 g/mol. The van der Waals surface area contributed by atoms with Gasteiger partial charge in [-0.3, -0.25) is 14.1 Å². The number of nitrogens with one attached hydrogen (secondary N) is 3. The minimum absolute atomic E-state index is 0.0630. The summed E-state index contributed by atoms with van der Waals surface area (Å²) in [6, 6.07) is 7.94. The Bertz CT molecular complexity index is 1960. The average molecular weight is 762 g/mol. The fourth-order valence-electron chi connectivity index (χ4n) is 6.04. The van der Waals surface area contributed by atoms with Crippen molar-refractivity contribution in [2.75, 3.05) is 50.4 Å². The van der Waals surface area contributed by atoms with Crippen LogP contribution in [0.15, 0.2) is 40.9 Å². The molecule has 0 spiro atoms. The number of carbonyl (C=O) groups excluding carboxylic acids is 2. The number of ether oxygens (including phenoxy) is 1. The standard InChI is InChI=1S/C31H39N9O10S2/c1-31(2)26(28(42)40(31)50-52(45,46)47)37-27(41)25(22-16-51-30(32)36-22)38-49-23(29(43)44)15-48-20-4-5-21-18(11-20)3-6-24(35-21)34-19-7-9-39(10-8-19)14-17-12-33-13-17/h3-6,11,16-17,19,23,26,33H,7-10,12-15H2,1-2H3,(H2,32,36)(H,34,35)(H,37,41)(H,43,44)(H,45,46,47)/b38-25-/t23?,26-/m1/s1. The summed E-state index contributed by atoms with van der Waals surface area (Å²) in [6.07, 6.45) is 0.399. The van der Waals surface area contributed by atoms with Crippen LogP contribution >= 0.6 is 11.3 Å². The number of hydroxylamine groups is 2. The van der Waals surface area contributed by atoms with Crippen LogP contribution in [0.4, 0.5) is 10.9 Å². The average Bonchev–Trinajstić information content (AvgIpc) is 3.51. The molecule has 3 fully saturated rings. The van der Waals surface area contributed by atoms with Crippen molar-refractivity contribution in [3.63, 3.8) is 0 Å². The number of benzene rings is 1. The van der Waals surface area contributed by atoms with Crippen LogP contribution in [0.3, 0.4) is 0 Å². The summed E-state index contributed by atoms with van der Waals surface area (Å²) in [4.78, 5) is 54.5. The highest BCUT2D eigenvalue weighted by Gasteiger charge is 2.58. The van der Waals surface area contributed by atoms with Gasteiger partial charge < -0.3 is 41.3 Å². The highest BCUT2D eigenvalue weighted by atomic mass is 32.3. The number of nitrogen functional groups attached to an aromatic ring is 1. The number of rotatable bonds is 15. The zero-order valence-electron chi connectivity index (χ0n) is 28.2. The Kier molecular flexibility index (Phi) is 10.8. The molecule has 6 rings (SSSR count). The van der Waals surface area contributed by atoms with Gasteiger partial charge in [0.1, 0.15) is 29.9 Å². The second-order valence-corrected chi connectivity index (χ2v) is 15.1. The Hall–Kier alpha value is -4.67. The van der Waals surface area contributed by atoms with E-state index in [2.05, 4.69) is 35.3 Å². The summed E-state index contributed by atoms with van der Waals surface area (Å²) in [5, 5.41) is 25.4. The van der Waals surface area contributed by atoms with E-state index in [9.17, 15) is 27.9 Å². The van der Waals surface area contributed by atoms with Crippen molar-refractivity contribution >= 4 is 67.1 Å². The number of pyridine rings is 1. The van der Waals surface area contributed by atoms with Gasteiger partial charge in [-0.05, 0) is 62.9 Å². The molecule has 0 bridgehead atoms. The predicted molar refractivity (Wildman–Crippen MR) is 188 cm³/mol. The number of likely N-dealkylation sites (tertiary alicyclic amines) is 1. The number of carbonyl (C=O) groups is 3. The number of piperidine rings is 1. The number of aliphatic carboxylic acids is 1. The first kappa shape index (κ1) is 37.1. The second kappa shape index (κ2) is 15.1. The minimum atomic E-state index is -5.02. The van der Waals surface area contributed by atoms with Gasteiger partial charge in [-0.1, -0.05) is 5.16 Å². The van der Waals surface area contributed by atoms with Crippen molar-refractivity contribution in [1.29, 1.82) is 0 Å². The molecule has 0 aliphatic carbocycles. The molecule has 5 heterocycles. The second-order valence-electron chi connectivity index (χ2n) is 13.2. The van der Waals surface area contributed by atoms with E-state index in [0.29, 0.717) is 16.9 Å². The van der Waals surface area contributed by atoms with Crippen molar-refractivity contribution in [3.8, 4) is 5.75 Å². The van der Waals surface area contributed by atoms with E-state index in [4.69, 9.17) is 24.8 Å². The van der Waals surface area contributed by atoms with Crippen molar-refractivity contribution in [1.82, 2.24) is 30.6 Å². The van der Waals surface area contributed by atoms with Gasteiger partial charge in [0.2, 0.25) is 0 Å². The molecule has 2 aromatic heterocycles. The molecule has 3 aliphatic heterocycles. The highest BCUT2D eigenvalue weighted by Crippen LogP contribution is 2.33. The molecule has 2 atom stereocenters. The molecule has 19 nitrogen and oxygen atoms in total. The lowest BCUT2D eigenvalue weighted by molar-refractivity contribution is -0.218. The molecular weight excluding hydrogens is 723 g/mol. The smallest absolute Gasteiger partial charge is 0.418 e. The SMILES string of the molecule is CC1(C)[C@H](NC(=O)/C(=N\OC(COc2ccc3nc(NC4CCN(CC5CNC5)CC4)ccc3c2)C(=O)O)c2csc(N)n2)C(=O)N1OS(=O)(=O)O. The van der Waals surface area contributed by atoms with Crippen molar-refractivity contribution in [2.45, 2.75) is 50.4 Å². The third-order valence-electron chi connectivity index (χ3n) is 9.03. The molecule has 3 aliphatic rings. The van der Waals surface area contributed by atoms with E-state index in [-0.39, 0.29) is 10.8 Å². The zero-order chi connectivity index (χ0) is 37.2. The molecule has 1 unspecified atom stereocenters. The zero-order valence-corrected chi connectivity index (χ0v) is 29.9. The third kappa shape index (κ3) is 8.68. The van der Waals surface area contributed by atoms with E-state index in [1.165, 1.54) is 19.2 Å². The lowest BCUT2D eigenvalue weighted by atomic mass is 9.84. The van der Waals surface area contributed by atoms with Gasteiger partial charge in [-0.15, -0.1) is 15.6 Å². The fraction of sp³-hybridized carbons (Fsp3) is 0.484. The molecule has 52 heavy (non-hydrogen) atoms. The Labute approximate surface area is 302 Å². The van der Waals surface area contributed by atoms with E-state index < -0.39 is 58.2 Å². The maximum atomic E-state index is 13.3. The fourth-order valence-corrected chi connectivity index (χ4v) is 7.04. The number of carboxylic acids is 1. The molecular formula is C31H39N9O10S2. The molecule has 7 N–H and O–H groups in total. The summed E-state index contributed by atoms with van der Waals surface area (Å²) in [5.74, 6) is -1.58.